The van der Waals surface area contributed by atoms with Crippen molar-refractivity contribution in [3.63, 3.8) is 0 Å². The summed E-state index contributed by atoms with van der Waals surface area (Å²) in [5.74, 6) is -0.424. The first-order valence-electron chi connectivity index (χ1n) is 7.69. The zero-order valence-electron chi connectivity index (χ0n) is 13.3. The van der Waals surface area contributed by atoms with Gasteiger partial charge in [0.15, 0.2) is 6.29 Å². The summed E-state index contributed by atoms with van der Waals surface area (Å²) in [4.78, 5) is 11.4. The Balaban J connectivity index is 2.09. The van der Waals surface area contributed by atoms with Crippen molar-refractivity contribution in [2.75, 3.05) is 0 Å². The van der Waals surface area contributed by atoms with E-state index < -0.39 is 18.5 Å². The van der Waals surface area contributed by atoms with Gasteiger partial charge in [0.1, 0.15) is 12.2 Å². The molecule has 0 aromatic heterocycles. The average molecular weight is 308 g/mol. The fourth-order valence-electron chi connectivity index (χ4n) is 2.83. The Bertz CT molecular complexity index is 475. The molecule has 0 saturated carbocycles. The van der Waals surface area contributed by atoms with Gasteiger partial charge in [0.2, 0.25) is 0 Å². The van der Waals surface area contributed by atoms with E-state index in [9.17, 15) is 9.90 Å². The first kappa shape index (κ1) is 16.9. The number of aliphatic hydroxyl groups is 1. The van der Waals surface area contributed by atoms with Crippen molar-refractivity contribution in [2.45, 2.75) is 58.4 Å². The van der Waals surface area contributed by atoms with E-state index in [4.69, 9.17) is 14.2 Å². The van der Waals surface area contributed by atoms with Gasteiger partial charge in [0, 0.05) is 12.8 Å². The second-order valence-corrected chi connectivity index (χ2v) is 5.67. The Morgan fingerprint density at radius 1 is 1.27 bits per heavy atom. The average Bonchev–Trinajstić information content (AvgIpc) is 2.50. The fraction of sp³-hybridized carbons (Fsp3) is 0.588. The molecule has 0 aliphatic carbocycles. The Morgan fingerprint density at radius 3 is 2.55 bits per heavy atom. The molecular formula is C17H24O5. The minimum atomic E-state index is -1.10. The second-order valence-electron chi connectivity index (χ2n) is 5.67. The van der Waals surface area contributed by atoms with E-state index in [1.807, 2.05) is 44.2 Å². The minimum absolute atomic E-state index is 0.0435. The van der Waals surface area contributed by atoms with E-state index in [0.717, 1.165) is 12.0 Å². The molecule has 5 nitrogen and oxygen atoms in total. The number of aliphatic hydroxyl groups excluding tert-OH is 1. The predicted octanol–water partition coefficient (Wildman–Crippen LogP) is 2.27. The molecule has 1 unspecified atom stereocenters. The zero-order valence-corrected chi connectivity index (χ0v) is 13.3. The van der Waals surface area contributed by atoms with Crippen molar-refractivity contribution in [1.82, 2.24) is 0 Å². The maximum absolute atomic E-state index is 11.4. The topological polar surface area (TPSA) is 65.0 Å². The summed E-state index contributed by atoms with van der Waals surface area (Å²) >= 11 is 0. The maximum atomic E-state index is 11.4. The number of hydrogen-bond acceptors (Lipinski definition) is 5. The summed E-state index contributed by atoms with van der Waals surface area (Å²) in [5, 5.41) is 10.2. The number of hydrogen-bond donors (Lipinski definition) is 1. The SMILES string of the molecule is CC[C@H]1OC(O)[C@@H](OCc2ccccc2)[C@@H](OC(C)=O)[C@@H]1C. The Kier molecular flexibility index (Phi) is 5.94. The quantitative estimate of drug-likeness (QED) is 0.845. The summed E-state index contributed by atoms with van der Waals surface area (Å²) in [6, 6.07) is 9.65. The first-order valence-corrected chi connectivity index (χ1v) is 7.69. The second kappa shape index (κ2) is 7.72. The standard InChI is InChI=1S/C17H24O5/c1-4-14-11(2)15(21-12(3)18)16(17(19)22-14)20-10-13-8-6-5-7-9-13/h5-9,11,14-17,19H,4,10H2,1-3H3/t11-,14-,15+,16+,17?/m1/s1. The van der Waals surface area contributed by atoms with Crippen LogP contribution in [0.3, 0.4) is 0 Å². The third-order valence-electron chi connectivity index (χ3n) is 4.01. The summed E-state index contributed by atoms with van der Waals surface area (Å²) in [6.07, 6.45) is -1.73. The van der Waals surface area contributed by atoms with Crippen LogP contribution in [0.2, 0.25) is 0 Å². The molecule has 0 bridgehead atoms. The lowest BCUT2D eigenvalue weighted by molar-refractivity contribution is -0.283. The van der Waals surface area contributed by atoms with Crippen LogP contribution in [0.5, 0.6) is 0 Å². The normalized spacial score (nSPS) is 31.7. The summed E-state index contributed by atoms with van der Waals surface area (Å²) in [5.41, 5.74) is 0.988. The number of carbonyl (C=O) groups excluding carboxylic acids is 1. The number of ether oxygens (including phenoxy) is 3. The van der Waals surface area contributed by atoms with Gasteiger partial charge in [-0.05, 0) is 12.0 Å². The van der Waals surface area contributed by atoms with Gasteiger partial charge in [0.25, 0.3) is 0 Å². The molecule has 5 heteroatoms. The monoisotopic (exact) mass is 308 g/mol. The van der Waals surface area contributed by atoms with Crippen molar-refractivity contribution in [1.29, 1.82) is 0 Å². The molecule has 0 radical (unpaired) electrons. The van der Waals surface area contributed by atoms with Crippen LogP contribution in [-0.2, 0) is 25.6 Å². The van der Waals surface area contributed by atoms with E-state index in [1.54, 1.807) is 0 Å². The molecule has 1 aromatic carbocycles. The summed E-state index contributed by atoms with van der Waals surface area (Å²) in [7, 11) is 0. The third kappa shape index (κ3) is 4.06. The van der Waals surface area contributed by atoms with Crippen molar-refractivity contribution in [3.05, 3.63) is 35.9 Å². The van der Waals surface area contributed by atoms with Crippen LogP contribution in [0.15, 0.2) is 30.3 Å². The van der Waals surface area contributed by atoms with Gasteiger partial charge in [-0.25, -0.2) is 0 Å². The van der Waals surface area contributed by atoms with E-state index in [1.165, 1.54) is 6.92 Å². The van der Waals surface area contributed by atoms with Gasteiger partial charge < -0.3 is 19.3 Å². The Morgan fingerprint density at radius 2 is 1.95 bits per heavy atom. The van der Waals surface area contributed by atoms with Gasteiger partial charge in [-0.2, -0.15) is 0 Å². The number of esters is 1. The highest BCUT2D eigenvalue weighted by Crippen LogP contribution is 2.31. The van der Waals surface area contributed by atoms with Crippen LogP contribution in [0.4, 0.5) is 0 Å². The maximum Gasteiger partial charge on any atom is 0.303 e. The molecule has 0 spiro atoms. The van der Waals surface area contributed by atoms with Gasteiger partial charge in [0.05, 0.1) is 12.7 Å². The van der Waals surface area contributed by atoms with Gasteiger partial charge in [-0.3, -0.25) is 4.79 Å². The Labute approximate surface area is 131 Å². The van der Waals surface area contributed by atoms with Gasteiger partial charge in [-0.15, -0.1) is 0 Å². The molecule has 1 fully saturated rings. The first-order chi connectivity index (χ1) is 10.5. The molecule has 122 valence electrons. The van der Waals surface area contributed by atoms with Crippen LogP contribution >= 0.6 is 0 Å². The molecule has 1 saturated heterocycles. The molecule has 0 amide bonds. The van der Waals surface area contributed by atoms with Gasteiger partial charge >= 0.3 is 5.97 Å². The largest absolute Gasteiger partial charge is 0.459 e. The smallest absolute Gasteiger partial charge is 0.303 e. The molecule has 22 heavy (non-hydrogen) atoms. The third-order valence-corrected chi connectivity index (χ3v) is 4.01. The highest BCUT2D eigenvalue weighted by molar-refractivity contribution is 5.66. The lowest BCUT2D eigenvalue weighted by Gasteiger charge is -2.42. The zero-order chi connectivity index (χ0) is 16.1. The van der Waals surface area contributed by atoms with Crippen LogP contribution in [0.25, 0.3) is 0 Å². The molecule has 1 aromatic rings. The molecule has 1 heterocycles. The molecule has 1 N–H and O–H groups in total. The number of carbonyl (C=O) groups is 1. The van der Waals surface area contributed by atoms with E-state index >= 15 is 0 Å². The van der Waals surface area contributed by atoms with Gasteiger partial charge in [-0.1, -0.05) is 44.2 Å². The molecule has 1 aliphatic rings. The highest BCUT2D eigenvalue weighted by atomic mass is 16.7. The van der Waals surface area contributed by atoms with Crippen LogP contribution in [-0.4, -0.2) is 35.7 Å². The molecule has 2 rings (SSSR count). The Hall–Kier alpha value is -1.43. The molecule has 1 aliphatic heterocycles. The van der Waals surface area contributed by atoms with Crippen molar-refractivity contribution >= 4 is 5.97 Å². The van der Waals surface area contributed by atoms with E-state index in [-0.39, 0.29) is 18.0 Å². The number of rotatable bonds is 5. The highest BCUT2D eigenvalue weighted by Gasteiger charge is 2.45. The fourth-order valence-corrected chi connectivity index (χ4v) is 2.83. The van der Waals surface area contributed by atoms with E-state index in [0.29, 0.717) is 6.61 Å². The predicted molar refractivity (Wildman–Crippen MR) is 80.9 cm³/mol. The lowest BCUT2D eigenvalue weighted by Crippen LogP contribution is -2.55. The van der Waals surface area contributed by atoms with Crippen LogP contribution in [0, 0.1) is 5.92 Å². The number of benzene rings is 1. The van der Waals surface area contributed by atoms with Crippen LogP contribution < -0.4 is 0 Å². The van der Waals surface area contributed by atoms with Crippen molar-refractivity contribution < 1.29 is 24.1 Å². The van der Waals surface area contributed by atoms with Crippen molar-refractivity contribution in [2.24, 2.45) is 5.92 Å². The van der Waals surface area contributed by atoms with Crippen LogP contribution in [0.1, 0.15) is 32.8 Å². The summed E-state index contributed by atoms with van der Waals surface area (Å²) in [6.45, 7) is 5.62. The van der Waals surface area contributed by atoms with Crippen molar-refractivity contribution in [3.8, 4) is 0 Å². The van der Waals surface area contributed by atoms with E-state index in [2.05, 4.69) is 0 Å². The minimum Gasteiger partial charge on any atom is -0.459 e. The lowest BCUT2D eigenvalue weighted by atomic mass is 9.89. The molecular weight excluding hydrogens is 284 g/mol. The summed E-state index contributed by atoms with van der Waals surface area (Å²) < 4.78 is 16.8. The molecule has 5 atom stereocenters.